The molecular formula is C26H34F3N3O. The first kappa shape index (κ1) is 24.1. The number of likely N-dealkylation sites (tertiary alicyclic amines) is 1. The molecule has 7 heteroatoms. The van der Waals surface area contributed by atoms with Crippen molar-refractivity contribution in [2.24, 2.45) is 5.41 Å². The van der Waals surface area contributed by atoms with E-state index in [0.717, 1.165) is 58.2 Å². The minimum absolute atomic E-state index is 0.0627. The molecule has 0 N–H and O–H groups in total. The van der Waals surface area contributed by atoms with Crippen molar-refractivity contribution in [3.05, 3.63) is 35.4 Å². The van der Waals surface area contributed by atoms with E-state index in [1.807, 2.05) is 4.90 Å². The highest BCUT2D eigenvalue weighted by molar-refractivity contribution is 5.95. The van der Waals surface area contributed by atoms with Gasteiger partial charge in [-0.05, 0) is 75.5 Å². The molecule has 33 heavy (non-hydrogen) atoms. The van der Waals surface area contributed by atoms with E-state index in [1.165, 1.54) is 32.4 Å². The standard InChI is InChI=1S/C26H34F3N3O/c1-24(2,26(27,28)29)20-6-4-19(5-7-20)23(33)32(21-8-9-21)22-10-16-31(17-11-22)18-25(14-15-30)12-3-13-25/h4-7,21-22H,3,8-14,16-18H2,1-2H3. The zero-order chi connectivity index (χ0) is 23.9. The topological polar surface area (TPSA) is 47.3 Å². The Hall–Kier alpha value is -2.07. The third-order valence-electron chi connectivity index (χ3n) is 8.11. The maximum Gasteiger partial charge on any atom is 0.397 e. The van der Waals surface area contributed by atoms with E-state index >= 15 is 0 Å². The lowest BCUT2D eigenvalue weighted by atomic mass is 9.66. The van der Waals surface area contributed by atoms with Gasteiger partial charge in [0.15, 0.2) is 0 Å². The number of piperidine rings is 1. The summed E-state index contributed by atoms with van der Waals surface area (Å²) < 4.78 is 40.1. The van der Waals surface area contributed by atoms with Crippen LogP contribution >= 0.6 is 0 Å². The first-order valence-corrected chi connectivity index (χ1v) is 12.2. The zero-order valence-electron chi connectivity index (χ0n) is 19.6. The van der Waals surface area contributed by atoms with E-state index in [2.05, 4.69) is 11.0 Å². The fourth-order valence-electron chi connectivity index (χ4n) is 5.39. The lowest BCUT2D eigenvalue weighted by molar-refractivity contribution is -0.180. The Bertz CT molecular complexity index is 887. The summed E-state index contributed by atoms with van der Waals surface area (Å²) in [6.45, 7) is 5.15. The summed E-state index contributed by atoms with van der Waals surface area (Å²) in [5.74, 6) is -0.0627. The fraction of sp³-hybridized carbons (Fsp3) is 0.692. The molecule has 0 spiro atoms. The molecule has 0 atom stereocenters. The maximum absolute atomic E-state index is 13.4. The maximum atomic E-state index is 13.4. The highest BCUT2D eigenvalue weighted by Gasteiger charge is 2.48. The average molecular weight is 462 g/mol. The Morgan fingerprint density at radius 2 is 1.67 bits per heavy atom. The van der Waals surface area contributed by atoms with Gasteiger partial charge in [-0.2, -0.15) is 18.4 Å². The van der Waals surface area contributed by atoms with Gasteiger partial charge in [-0.3, -0.25) is 4.79 Å². The fourth-order valence-corrected chi connectivity index (χ4v) is 5.39. The molecule has 2 aliphatic carbocycles. The Balaban J connectivity index is 1.40. The van der Waals surface area contributed by atoms with Crippen LogP contribution in [0.3, 0.4) is 0 Å². The predicted octanol–water partition coefficient (Wildman–Crippen LogP) is 5.68. The van der Waals surface area contributed by atoms with Crippen molar-refractivity contribution < 1.29 is 18.0 Å². The number of amides is 1. The number of halogens is 3. The molecule has 0 unspecified atom stereocenters. The Morgan fingerprint density at radius 1 is 1.09 bits per heavy atom. The molecule has 3 fully saturated rings. The van der Waals surface area contributed by atoms with Crippen LogP contribution in [0.4, 0.5) is 13.2 Å². The third-order valence-corrected chi connectivity index (χ3v) is 8.11. The van der Waals surface area contributed by atoms with Crippen molar-refractivity contribution in [3.8, 4) is 6.07 Å². The first-order valence-electron chi connectivity index (χ1n) is 12.2. The SMILES string of the molecule is CC(C)(c1ccc(C(=O)N(C2CC2)C2CCN(CC3(CC#N)CCC3)CC2)cc1)C(F)(F)F. The number of rotatable bonds is 7. The van der Waals surface area contributed by atoms with Gasteiger partial charge in [0.2, 0.25) is 0 Å². The quantitative estimate of drug-likeness (QED) is 0.525. The molecule has 1 aliphatic heterocycles. The number of hydrogen-bond acceptors (Lipinski definition) is 3. The minimum atomic E-state index is -4.35. The van der Waals surface area contributed by atoms with Gasteiger partial charge in [0, 0.05) is 43.7 Å². The number of hydrogen-bond donors (Lipinski definition) is 0. The lowest BCUT2D eigenvalue weighted by Crippen LogP contribution is -2.51. The average Bonchev–Trinajstić information content (AvgIpc) is 3.58. The number of nitriles is 1. The molecule has 3 aliphatic rings. The summed E-state index contributed by atoms with van der Waals surface area (Å²) in [6.07, 6.45) is 3.56. The van der Waals surface area contributed by atoms with Gasteiger partial charge >= 0.3 is 6.18 Å². The van der Waals surface area contributed by atoms with E-state index in [4.69, 9.17) is 0 Å². The molecule has 1 saturated heterocycles. The van der Waals surface area contributed by atoms with E-state index in [1.54, 1.807) is 12.1 Å². The number of carbonyl (C=O) groups excluding carboxylic acids is 1. The van der Waals surface area contributed by atoms with Crippen molar-refractivity contribution in [1.82, 2.24) is 9.80 Å². The van der Waals surface area contributed by atoms with E-state index in [9.17, 15) is 23.2 Å². The van der Waals surface area contributed by atoms with Crippen molar-refractivity contribution in [1.29, 1.82) is 5.26 Å². The summed E-state index contributed by atoms with van der Waals surface area (Å²) in [4.78, 5) is 17.9. The van der Waals surface area contributed by atoms with Gasteiger partial charge in [0.05, 0.1) is 11.5 Å². The van der Waals surface area contributed by atoms with Crippen LogP contribution in [0.5, 0.6) is 0 Å². The van der Waals surface area contributed by atoms with Crippen LogP contribution in [0.25, 0.3) is 0 Å². The van der Waals surface area contributed by atoms with Crippen LogP contribution in [-0.2, 0) is 5.41 Å². The first-order chi connectivity index (χ1) is 15.6. The molecule has 4 nitrogen and oxygen atoms in total. The van der Waals surface area contributed by atoms with Gasteiger partial charge in [-0.25, -0.2) is 0 Å². The third kappa shape index (κ3) is 4.91. The predicted molar refractivity (Wildman–Crippen MR) is 121 cm³/mol. The van der Waals surface area contributed by atoms with Crippen molar-refractivity contribution in [3.63, 3.8) is 0 Å². The van der Waals surface area contributed by atoms with E-state index in [-0.39, 0.29) is 29.0 Å². The molecule has 1 aromatic rings. The molecule has 1 aromatic carbocycles. The lowest BCUT2D eigenvalue weighted by Gasteiger charge is -2.46. The van der Waals surface area contributed by atoms with Crippen molar-refractivity contribution >= 4 is 5.91 Å². The molecule has 1 amide bonds. The molecule has 180 valence electrons. The Kier molecular flexibility index (Phi) is 6.52. The van der Waals surface area contributed by atoms with Gasteiger partial charge in [-0.15, -0.1) is 0 Å². The van der Waals surface area contributed by atoms with E-state index in [0.29, 0.717) is 12.0 Å². The van der Waals surface area contributed by atoms with Crippen LogP contribution in [-0.4, -0.2) is 53.6 Å². The van der Waals surface area contributed by atoms with Gasteiger partial charge in [0.1, 0.15) is 0 Å². The Labute approximate surface area is 194 Å². The molecule has 4 rings (SSSR count). The summed E-state index contributed by atoms with van der Waals surface area (Å²) in [5.41, 5.74) is -1.16. The highest BCUT2D eigenvalue weighted by Crippen LogP contribution is 2.45. The smallest absolute Gasteiger partial charge is 0.333 e. The number of nitrogens with zero attached hydrogens (tertiary/aromatic N) is 3. The largest absolute Gasteiger partial charge is 0.397 e. The highest BCUT2D eigenvalue weighted by atomic mass is 19.4. The van der Waals surface area contributed by atoms with Crippen molar-refractivity contribution in [2.75, 3.05) is 19.6 Å². The number of benzene rings is 1. The van der Waals surface area contributed by atoms with Gasteiger partial charge in [0.25, 0.3) is 5.91 Å². The molecule has 1 heterocycles. The Morgan fingerprint density at radius 3 is 2.12 bits per heavy atom. The molecule has 0 aromatic heterocycles. The summed E-state index contributed by atoms with van der Waals surface area (Å²) in [7, 11) is 0. The molecule has 2 saturated carbocycles. The molecule has 0 bridgehead atoms. The molecular weight excluding hydrogens is 427 g/mol. The summed E-state index contributed by atoms with van der Waals surface area (Å²) >= 11 is 0. The zero-order valence-corrected chi connectivity index (χ0v) is 19.6. The second kappa shape index (κ2) is 8.94. The monoisotopic (exact) mass is 461 g/mol. The van der Waals surface area contributed by atoms with Gasteiger partial charge in [-0.1, -0.05) is 18.6 Å². The van der Waals surface area contributed by atoms with Crippen LogP contribution in [0.2, 0.25) is 0 Å². The van der Waals surface area contributed by atoms with Gasteiger partial charge < -0.3 is 9.80 Å². The van der Waals surface area contributed by atoms with Crippen LogP contribution < -0.4 is 0 Å². The normalized spacial score (nSPS) is 21.8. The van der Waals surface area contributed by atoms with Crippen LogP contribution in [0.1, 0.15) is 81.1 Å². The summed E-state index contributed by atoms with van der Waals surface area (Å²) in [6, 6.07) is 8.78. The van der Waals surface area contributed by atoms with E-state index < -0.39 is 11.6 Å². The second-order valence-electron chi connectivity index (χ2n) is 10.8. The second-order valence-corrected chi connectivity index (χ2v) is 10.8. The van der Waals surface area contributed by atoms with Crippen LogP contribution in [0, 0.1) is 16.7 Å². The van der Waals surface area contributed by atoms with Crippen molar-refractivity contribution in [2.45, 2.75) is 88.9 Å². The van der Waals surface area contributed by atoms with Crippen LogP contribution in [0.15, 0.2) is 24.3 Å². The number of carbonyl (C=O) groups is 1. The summed E-state index contributed by atoms with van der Waals surface area (Å²) in [5, 5.41) is 9.18. The molecule has 0 radical (unpaired) electrons. The minimum Gasteiger partial charge on any atom is -0.333 e. The number of alkyl halides is 3.